The fourth-order valence-corrected chi connectivity index (χ4v) is 4.36. The number of hydrogen-bond acceptors (Lipinski definition) is 5. The van der Waals surface area contributed by atoms with Gasteiger partial charge in [-0.25, -0.2) is 0 Å². The molecule has 3 atom stereocenters. The molecule has 3 aliphatic rings. The number of imide groups is 1. The molecule has 0 spiro atoms. The van der Waals surface area contributed by atoms with Crippen molar-refractivity contribution in [1.29, 1.82) is 0 Å². The van der Waals surface area contributed by atoms with Crippen LogP contribution in [0.3, 0.4) is 0 Å². The maximum Gasteiger partial charge on any atom is 0.255 e. The number of piperidine rings is 1. The van der Waals surface area contributed by atoms with Crippen LogP contribution < -0.4 is 16.0 Å². The second-order valence-electron chi connectivity index (χ2n) is 7.71. The minimum atomic E-state index is -0.556. The van der Waals surface area contributed by atoms with Crippen LogP contribution in [-0.2, 0) is 22.7 Å². The summed E-state index contributed by atoms with van der Waals surface area (Å²) in [6.07, 6.45) is 1.82. The lowest BCUT2D eigenvalue weighted by atomic mass is 10.00. The van der Waals surface area contributed by atoms with Gasteiger partial charge in [0.15, 0.2) is 0 Å². The Hall–Kier alpha value is -2.25. The molecule has 7 nitrogen and oxygen atoms in total. The van der Waals surface area contributed by atoms with Gasteiger partial charge >= 0.3 is 0 Å². The summed E-state index contributed by atoms with van der Waals surface area (Å²) in [7, 11) is 0. The Kier molecular flexibility index (Phi) is 4.97. The third-order valence-electron chi connectivity index (χ3n) is 6.03. The quantitative estimate of drug-likeness (QED) is 0.658. The minimum Gasteiger partial charge on any atom is -0.322 e. The van der Waals surface area contributed by atoms with Crippen LogP contribution in [0, 0.1) is 5.92 Å². The fraction of sp³-hybridized carbons (Fsp3) is 0.550. The smallest absolute Gasteiger partial charge is 0.255 e. The predicted molar refractivity (Wildman–Crippen MR) is 99.8 cm³/mol. The number of amides is 3. The zero-order chi connectivity index (χ0) is 19.0. The van der Waals surface area contributed by atoms with Gasteiger partial charge in [0.2, 0.25) is 11.8 Å². The van der Waals surface area contributed by atoms with Crippen molar-refractivity contribution < 1.29 is 14.4 Å². The number of carbonyl (C=O) groups is 3. The molecule has 3 aliphatic heterocycles. The van der Waals surface area contributed by atoms with Crippen LogP contribution in [0.15, 0.2) is 18.2 Å². The summed E-state index contributed by atoms with van der Waals surface area (Å²) in [6.45, 7) is 5.40. The van der Waals surface area contributed by atoms with Gasteiger partial charge in [-0.05, 0) is 36.1 Å². The van der Waals surface area contributed by atoms with Gasteiger partial charge < -0.3 is 15.5 Å². The lowest BCUT2D eigenvalue weighted by molar-refractivity contribution is -0.136. The van der Waals surface area contributed by atoms with Gasteiger partial charge in [0, 0.05) is 37.7 Å². The van der Waals surface area contributed by atoms with Gasteiger partial charge in [-0.15, -0.1) is 0 Å². The van der Waals surface area contributed by atoms with Crippen molar-refractivity contribution in [2.75, 3.05) is 13.1 Å². The Balaban J connectivity index is 1.43. The summed E-state index contributed by atoms with van der Waals surface area (Å²) in [5, 5.41) is 9.36. The highest BCUT2D eigenvalue weighted by atomic mass is 16.2. The SMILES string of the molecule is CC[C@@H]1CNC[C@@H]1NCc1ccc2c(c1)C(=O)N(C1CCC(=O)NC1=O)C2. The lowest BCUT2D eigenvalue weighted by Gasteiger charge is -2.29. The largest absolute Gasteiger partial charge is 0.322 e. The predicted octanol–water partition coefficient (Wildman–Crippen LogP) is 0.535. The van der Waals surface area contributed by atoms with Crippen LogP contribution in [0.2, 0.25) is 0 Å². The Morgan fingerprint density at radius 1 is 1.22 bits per heavy atom. The monoisotopic (exact) mass is 370 g/mol. The molecule has 144 valence electrons. The average molecular weight is 370 g/mol. The van der Waals surface area contributed by atoms with E-state index < -0.39 is 6.04 Å². The molecule has 0 saturated carbocycles. The van der Waals surface area contributed by atoms with E-state index in [9.17, 15) is 14.4 Å². The Bertz CT molecular complexity index is 778. The molecule has 3 amide bonds. The number of nitrogens with zero attached hydrogens (tertiary/aromatic N) is 1. The highest BCUT2D eigenvalue weighted by Crippen LogP contribution is 2.28. The van der Waals surface area contributed by atoms with Crippen molar-refractivity contribution in [2.24, 2.45) is 5.92 Å². The molecule has 3 N–H and O–H groups in total. The molecule has 1 aromatic carbocycles. The van der Waals surface area contributed by atoms with E-state index >= 15 is 0 Å². The van der Waals surface area contributed by atoms with Crippen molar-refractivity contribution in [3.63, 3.8) is 0 Å². The standard InChI is InChI=1S/C20H26N4O3/c1-2-13-9-21-10-16(13)22-8-12-3-4-14-11-24(20(27)15(14)7-12)17-5-6-18(25)23-19(17)26/h3-4,7,13,16-17,21-22H,2,5-6,8-11H2,1H3,(H,23,25,26)/t13-,16+,17?/m1/s1. The molecular formula is C20H26N4O3. The zero-order valence-electron chi connectivity index (χ0n) is 15.6. The van der Waals surface area contributed by atoms with Crippen LogP contribution in [0.4, 0.5) is 0 Å². The van der Waals surface area contributed by atoms with E-state index in [1.165, 1.54) is 0 Å². The van der Waals surface area contributed by atoms with Crippen molar-refractivity contribution in [2.45, 2.75) is 51.4 Å². The van der Waals surface area contributed by atoms with E-state index in [0.29, 0.717) is 30.5 Å². The molecule has 7 heteroatoms. The first-order chi connectivity index (χ1) is 13.1. The average Bonchev–Trinajstić information content (AvgIpc) is 3.24. The highest BCUT2D eigenvalue weighted by molar-refractivity contribution is 6.05. The highest BCUT2D eigenvalue weighted by Gasteiger charge is 2.39. The Morgan fingerprint density at radius 2 is 2.07 bits per heavy atom. The number of hydrogen-bond donors (Lipinski definition) is 3. The number of benzene rings is 1. The van der Waals surface area contributed by atoms with Gasteiger partial charge in [-0.2, -0.15) is 0 Å². The number of nitrogens with one attached hydrogen (secondary N) is 3. The van der Waals surface area contributed by atoms with Crippen LogP contribution in [-0.4, -0.2) is 47.8 Å². The molecule has 0 aromatic heterocycles. The van der Waals surface area contributed by atoms with Crippen LogP contribution >= 0.6 is 0 Å². The van der Waals surface area contributed by atoms with Gasteiger partial charge in [0.05, 0.1) is 0 Å². The van der Waals surface area contributed by atoms with Crippen molar-refractivity contribution in [3.05, 3.63) is 34.9 Å². The van der Waals surface area contributed by atoms with E-state index in [1.54, 1.807) is 4.90 Å². The molecule has 1 aromatic rings. The van der Waals surface area contributed by atoms with Crippen molar-refractivity contribution in [1.82, 2.24) is 20.9 Å². The zero-order valence-corrected chi connectivity index (χ0v) is 15.6. The third-order valence-corrected chi connectivity index (χ3v) is 6.03. The van der Waals surface area contributed by atoms with Gasteiger partial charge in [0.1, 0.15) is 6.04 Å². The molecule has 0 aliphatic carbocycles. The second-order valence-corrected chi connectivity index (χ2v) is 7.71. The molecule has 0 radical (unpaired) electrons. The third kappa shape index (κ3) is 3.49. The molecule has 1 unspecified atom stereocenters. The second kappa shape index (κ2) is 7.40. The minimum absolute atomic E-state index is 0.115. The van der Waals surface area contributed by atoms with E-state index in [2.05, 4.69) is 28.9 Å². The van der Waals surface area contributed by atoms with E-state index in [1.807, 2.05) is 12.1 Å². The molecular weight excluding hydrogens is 344 g/mol. The molecule has 0 bridgehead atoms. The molecule has 27 heavy (non-hydrogen) atoms. The van der Waals surface area contributed by atoms with E-state index in [0.717, 1.165) is 37.2 Å². The lowest BCUT2D eigenvalue weighted by Crippen LogP contribution is -2.52. The molecule has 2 saturated heterocycles. The van der Waals surface area contributed by atoms with Crippen LogP contribution in [0.25, 0.3) is 0 Å². The topological polar surface area (TPSA) is 90.5 Å². The Morgan fingerprint density at radius 3 is 2.85 bits per heavy atom. The number of rotatable bonds is 5. The van der Waals surface area contributed by atoms with Crippen LogP contribution in [0.5, 0.6) is 0 Å². The first-order valence-corrected chi connectivity index (χ1v) is 9.77. The summed E-state index contributed by atoms with van der Waals surface area (Å²) in [6, 6.07) is 5.88. The van der Waals surface area contributed by atoms with Gasteiger partial charge in [-0.1, -0.05) is 25.5 Å². The number of fused-ring (bicyclic) bond motifs is 1. The van der Waals surface area contributed by atoms with E-state index in [-0.39, 0.29) is 24.1 Å². The maximum absolute atomic E-state index is 12.9. The summed E-state index contributed by atoms with van der Waals surface area (Å²) < 4.78 is 0. The molecule has 2 fully saturated rings. The summed E-state index contributed by atoms with van der Waals surface area (Å²) in [4.78, 5) is 37.9. The van der Waals surface area contributed by atoms with Crippen LogP contribution in [0.1, 0.15) is 47.7 Å². The van der Waals surface area contributed by atoms with Crippen molar-refractivity contribution >= 4 is 17.7 Å². The first-order valence-electron chi connectivity index (χ1n) is 9.77. The number of carbonyl (C=O) groups excluding carboxylic acids is 3. The fourth-order valence-electron chi connectivity index (χ4n) is 4.36. The van der Waals surface area contributed by atoms with Crippen molar-refractivity contribution in [3.8, 4) is 0 Å². The maximum atomic E-state index is 12.9. The van der Waals surface area contributed by atoms with Gasteiger partial charge in [-0.3, -0.25) is 19.7 Å². The summed E-state index contributed by atoms with van der Waals surface area (Å²) >= 11 is 0. The first kappa shape index (κ1) is 18.1. The Labute approximate surface area is 158 Å². The summed E-state index contributed by atoms with van der Waals surface area (Å²) in [5.41, 5.74) is 2.70. The molecule has 4 rings (SSSR count). The van der Waals surface area contributed by atoms with E-state index in [4.69, 9.17) is 0 Å². The normalized spacial score (nSPS) is 27.8. The van der Waals surface area contributed by atoms with Gasteiger partial charge in [0.25, 0.3) is 5.91 Å². The molecule has 3 heterocycles. The summed E-state index contributed by atoms with van der Waals surface area (Å²) in [5.74, 6) is -0.103.